The molecule has 3 nitrogen and oxygen atoms in total. The second kappa shape index (κ2) is 3.54. The number of hydrogen-bond donors (Lipinski definition) is 2. The van der Waals surface area contributed by atoms with Gasteiger partial charge in [0.25, 0.3) is 0 Å². The lowest BCUT2D eigenvalue weighted by molar-refractivity contribution is -0.169. The van der Waals surface area contributed by atoms with Crippen LogP contribution in [0.3, 0.4) is 0 Å². The zero-order valence-corrected chi connectivity index (χ0v) is 9.21. The lowest BCUT2D eigenvalue weighted by Crippen LogP contribution is -2.51. The van der Waals surface area contributed by atoms with Crippen LogP contribution in [0.4, 0.5) is 0 Å². The van der Waals surface area contributed by atoms with Gasteiger partial charge in [0.1, 0.15) is 0 Å². The van der Waals surface area contributed by atoms with Gasteiger partial charge >= 0.3 is 5.97 Å². The van der Waals surface area contributed by atoms with Crippen LogP contribution in [0.2, 0.25) is 0 Å². The van der Waals surface area contributed by atoms with Crippen LogP contribution in [0.25, 0.3) is 0 Å². The van der Waals surface area contributed by atoms with Gasteiger partial charge in [0.05, 0.1) is 11.0 Å². The molecule has 0 saturated heterocycles. The molecule has 0 aliphatic heterocycles. The zero-order chi connectivity index (χ0) is 11.0. The molecule has 3 heteroatoms. The van der Waals surface area contributed by atoms with Crippen LogP contribution in [0.15, 0.2) is 0 Å². The van der Waals surface area contributed by atoms with Crippen molar-refractivity contribution in [1.29, 1.82) is 0 Å². The van der Waals surface area contributed by atoms with Gasteiger partial charge in [-0.25, -0.2) is 0 Å². The first-order chi connectivity index (χ1) is 6.30. The fraction of sp³-hybridized carbons (Fsp3) is 0.909. The second-order valence-electron chi connectivity index (χ2n) is 5.06. The van der Waals surface area contributed by atoms with Crippen LogP contribution < -0.4 is 0 Å². The number of aliphatic carboxylic acids is 1. The van der Waals surface area contributed by atoms with E-state index in [4.69, 9.17) is 5.11 Å². The first-order valence-electron chi connectivity index (χ1n) is 5.26. The highest BCUT2D eigenvalue weighted by Gasteiger charge is 2.50. The maximum absolute atomic E-state index is 11.1. The molecule has 1 fully saturated rings. The SMILES string of the molecule is CC(C)(C(=O)O)C(C)(O)C1CCCC1. The Morgan fingerprint density at radius 2 is 1.64 bits per heavy atom. The number of hydrogen-bond acceptors (Lipinski definition) is 2. The zero-order valence-electron chi connectivity index (χ0n) is 9.21. The van der Waals surface area contributed by atoms with Crippen LogP contribution >= 0.6 is 0 Å². The van der Waals surface area contributed by atoms with Gasteiger partial charge in [0.2, 0.25) is 0 Å². The summed E-state index contributed by atoms with van der Waals surface area (Å²) in [6.07, 6.45) is 4.11. The van der Waals surface area contributed by atoms with E-state index in [0.29, 0.717) is 0 Å². The van der Waals surface area contributed by atoms with Crippen molar-refractivity contribution in [2.45, 2.75) is 52.1 Å². The van der Waals surface area contributed by atoms with E-state index >= 15 is 0 Å². The molecule has 0 amide bonds. The average molecular weight is 200 g/mol. The van der Waals surface area contributed by atoms with Crippen molar-refractivity contribution >= 4 is 5.97 Å². The minimum Gasteiger partial charge on any atom is -0.481 e. The van der Waals surface area contributed by atoms with Gasteiger partial charge in [-0.15, -0.1) is 0 Å². The van der Waals surface area contributed by atoms with Crippen LogP contribution in [-0.2, 0) is 4.79 Å². The fourth-order valence-corrected chi connectivity index (χ4v) is 2.21. The van der Waals surface area contributed by atoms with Crippen LogP contribution in [0.1, 0.15) is 46.5 Å². The van der Waals surface area contributed by atoms with Crippen molar-refractivity contribution in [3.8, 4) is 0 Å². The number of carboxylic acid groups (broad SMARTS) is 1. The smallest absolute Gasteiger partial charge is 0.312 e. The molecule has 1 aliphatic carbocycles. The second-order valence-corrected chi connectivity index (χ2v) is 5.06. The van der Waals surface area contributed by atoms with E-state index in [1.165, 1.54) is 0 Å². The molecule has 0 aromatic rings. The van der Waals surface area contributed by atoms with Crippen molar-refractivity contribution in [1.82, 2.24) is 0 Å². The summed E-state index contributed by atoms with van der Waals surface area (Å²) in [4.78, 5) is 11.1. The van der Waals surface area contributed by atoms with Gasteiger partial charge in [-0.3, -0.25) is 4.79 Å². The molecule has 1 unspecified atom stereocenters. The van der Waals surface area contributed by atoms with Gasteiger partial charge in [0, 0.05) is 0 Å². The number of carbonyl (C=O) groups is 1. The predicted octanol–water partition coefficient (Wildman–Crippen LogP) is 2.04. The molecule has 1 aliphatic rings. The summed E-state index contributed by atoms with van der Waals surface area (Å²) in [7, 11) is 0. The van der Waals surface area contributed by atoms with Crippen molar-refractivity contribution in [2.75, 3.05) is 0 Å². The predicted molar refractivity (Wildman–Crippen MR) is 54.0 cm³/mol. The Balaban J connectivity index is 2.86. The Morgan fingerprint density at radius 3 is 2.00 bits per heavy atom. The highest BCUT2D eigenvalue weighted by atomic mass is 16.4. The lowest BCUT2D eigenvalue weighted by Gasteiger charge is -2.41. The monoisotopic (exact) mass is 200 g/mol. The topological polar surface area (TPSA) is 57.5 Å². The quantitative estimate of drug-likeness (QED) is 0.733. The van der Waals surface area contributed by atoms with E-state index in [1.54, 1.807) is 20.8 Å². The molecule has 1 saturated carbocycles. The van der Waals surface area contributed by atoms with Crippen molar-refractivity contribution in [3.05, 3.63) is 0 Å². The van der Waals surface area contributed by atoms with Crippen molar-refractivity contribution < 1.29 is 15.0 Å². The molecular formula is C11H20O3. The van der Waals surface area contributed by atoms with E-state index in [1.807, 2.05) is 0 Å². The van der Waals surface area contributed by atoms with Crippen LogP contribution in [-0.4, -0.2) is 21.8 Å². The van der Waals surface area contributed by atoms with Gasteiger partial charge in [-0.05, 0) is 39.5 Å². The molecule has 0 radical (unpaired) electrons. The molecule has 0 aromatic heterocycles. The minimum absolute atomic E-state index is 0.133. The number of carboxylic acids is 1. The molecule has 1 atom stereocenters. The first kappa shape index (κ1) is 11.5. The third-order valence-electron chi connectivity index (χ3n) is 3.95. The first-order valence-corrected chi connectivity index (χ1v) is 5.26. The molecule has 14 heavy (non-hydrogen) atoms. The Kier molecular flexibility index (Phi) is 2.91. The molecule has 0 aromatic carbocycles. The minimum atomic E-state index is -1.10. The standard InChI is InChI=1S/C11H20O3/c1-10(2,9(12)13)11(3,14)8-6-4-5-7-8/h8,14H,4-7H2,1-3H3,(H,12,13). The Labute approximate surface area is 85.1 Å². The molecule has 0 heterocycles. The summed E-state index contributed by atoms with van der Waals surface area (Å²) in [5, 5.41) is 19.4. The fourth-order valence-electron chi connectivity index (χ4n) is 2.21. The summed E-state index contributed by atoms with van der Waals surface area (Å²) < 4.78 is 0. The summed E-state index contributed by atoms with van der Waals surface area (Å²) in [5.41, 5.74) is -2.17. The Morgan fingerprint density at radius 1 is 1.21 bits per heavy atom. The molecular weight excluding hydrogens is 180 g/mol. The summed E-state index contributed by atoms with van der Waals surface area (Å²) in [5.74, 6) is -0.789. The highest BCUT2D eigenvalue weighted by molar-refractivity contribution is 5.75. The molecule has 2 N–H and O–H groups in total. The molecule has 0 spiro atoms. The third-order valence-corrected chi connectivity index (χ3v) is 3.95. The average Bonchev–Trinajstić information content (AvgIpc) is 2.55. The van der Waals surface area contributed by atoms with Crippen LogP contribution in [0, 0.1) is 11.3 Å². The van der Waals surface area contributed by atoms with Gasteiger partial charge in [0.15, 0.2) is 0 Å². The van der Waals surface area contributed by atoms with Gasteiger partial charge < -0.3 is 10.2 Å². The highest BCUT2D eigenvalue weighted by Crippen LogP contribution is 2.44. The lowest BCUT2D eigenvalue weighted by atomic mass is 9.68. The summed E-state index contributed by atoms with van der Waals surface area (Å²) in [6.45, 7) is 4.87. The number of aliphatic hydroxyl groups is 1. The normalized spacial score (nSPS) is 23.4. The van der Waals surface area contributed by atoms with Crippen molar-refractivity contribution in [2.24, 2.45) is 11.3 Å². The maximum atomic E-state index is 11.1. The van der Waals surface area contributed by atoms with Crippen molar-refractivity contribution in [3.63, 3.8) is 0 Å². The Hall–Kier alpha value is -0.570. The number of rotatable bonds is 3. The van der Waals surface area contributed by atoms with E-state index in [-0.39, 0.29) is 5.92 Å². The van der Waals surface area contributed by atoms with Crippen LogP contribution in [0.5, 0.6) is 0 Å². The maximum Gasteiger partial charge on any atom is 0.312 e. The van der Waals surface area contributed by atoms with E-state index < -0.39 is 17.0 Å². The van der Waals surface area contributed by atoms with Gasteiger partial charge in [-0.2, -0.15) is 0 Å². The molecule has 82 valence electrons. The summed E-state index contributed by atoms with van der Waals surface area (Å²) >= 11 is 0. The Bertz CT molecular complexity index is 225. The largest absolute Gasteiger partial charge is 0.481 e. The van der Waals surface area contributed by atoms with E-state index in [0.717, 1.165) is 25.7 Å². The summed E-state index contributed by atoms with van der Waals surface area (Å²) in [6, 6.07) is 0. The third kappa shape index (κ3) is 1.65. The molecule has 1 rings (SSSR count). The van der Waals surface area contributed by atoms with E-state index in [9.17, 15) is 9.90 Å². The van der Waals surface area contributed by atoms with Gasteiger partial charge in [-0.1, -0.05) is 12.8 Å². The molecule has 0 bridgehead atoms. The van der Waals surface area contributed by atoms with E-state index in [2.05, 4.69) is 0 Å².